The van der Waals surface area contributed by atoms with E-state index in [1.807, 2.05) is 0 Å². The summed E-state index contributed by atoms with van der Waals surface area (Å²) in [5.41, 5.74) is 7.09. The number of nitrogens with two attached hydrogens (primary N) is 1. The summed E-state index contributed by atoms with van der Waals surface area (Å²) in [5, 5.41) is 16.5. The van der Waals surface area contributed by atoms with E-state index in [0.717, 1.165) is 23.3 Å². The highest BCUT2D eigenvalue weighted by atomic mass is 19.4. The third kappa shape index (κ3) is 6.89. The summed E-state index contributed by atoms with van der Waals surface area (Å²) in [5.74, 6) is -0.286. The van der Waals surface area contributed by atoms with Crippen molar-refractivity contribution in [3.05, 3.63) is 59.7 Å². The molecule has 172 valence electrons. The average Bonchev–Trinajstić information content (AvgIpc) is 2.76. The lowest BCUT2D eigenvalue weighted by Gasteiger charge is -2.27. The van der Waals surface area contributed by atoms with Gasteiger partial charge in [-0.3, -0.25) is 20.5 Å². The quantitative estimate of drug-likeness (QED) is 0.326. The van der Waals surface area contributed by atoms with Crippen LogP contribution in [0.4, 0.5) is 13.2 Å². The predicted octanol–water partition coefficient (Wildman–Crippen LogP) is 3.19. The van der Waals surface area contributed by atoms with Crippen LogP contribution >= 0.6 is 0 Å². The smallest absolute Gasteiger partial charge is 0.416 e. The number of methoxy groups -OCH3 is 1. The van der Waals surface area contributed by atoms with Crippen molar-refractivity contribution < 1.29 is 22.7 Å². The summed E-state index contributed by atoms with van der Waals surface area (Å²) in [7, 11) is 2.95. The minimum Gasteiger partial charge on any atom is -0.468 e. The molecule has 2 aromatic carbocycles. The van der Waals surface area contributed by atoms with E-state index >= 15 is 0 Å². The van der Waals surface area contributed by atoms with Gasteiger partial charge in [0, 0.05) is 0 Å². The molecule has 0 heterocycles. The van der Waals surface area contributed by atoms with Crippen LogP contribution in [0.3, 0.4) is 0 Å². The van der Waals surface area contributed by atoms with E-state index in [4.69, 9.17) is 16.6 Å². The van der Waals surface area contributed by atoms with Crippen LogP contribution in [0.1, 0.15) is 11.1 Å². The van der Waals surface area contributed by atoms with E-state index in [2.05, 4.69) is 4.74 Å². The second-order valence-electron chi connectivity index (χ2n) is 7.20. The van der Waals surface area contributed by atoms with Crippen LogP contribution in [0.5, 0.6) is 0 Å². The molecule has 0 aliphatic carbocycles. The summed E-state index contributed by atoms with van der Waals surface area (Å²) in [6, 6.07) is 12.0. The Kier molecular flexibility index (Phi) is 8.50. The third-order valence-electron chi connectivity index (χ3n) is 4.73. The lowest BCUT2D eigenvalue weighted by atomic mass is 10.0. The van der Waals surface area contributed by atoms with Gasteiger partial charge in [0.1, 0.15) is 11.7 Å². The predicted molar refractivity (Wildman–Crippen MR) is 116 cm³/mol. The largest absolute Gasteiger partial charge is 0.468 e. The van der Waals surface area contributed by atoms with Gasteiger partial charge in [0.05, 0.1) is 38.9 Å². The highest BCUT2D eigenvalue weighted by Gasteiger charge is 2.30. The Morgan fingerprint density at radius 2 is 1.50 bits per heavy atom. The topological polar surface area (TPSA) is 106 Å². The Hall–Kier alpha value is -3.24. The molecule has 0 unspecified atom stereocenters. The van der Waals surface area contributed by atoms with Crippen LogP contribution in [0.15, 0.2) is 48.5 Å². The van der Waals surface area contributed by atoms with Gasteiger partial charge in [-0.15, -0.1) is 0 Å². The molecule has 4 N–H and O–H groups in total. The van der Waals surface area contributed by atoms with Crippen molar-refractivity contribution in [2.45, 2.75) is 12.7 Å². The fourth-order valence-electron chi connectivity index (χ4n) is 2.98. The number of alkyl halides is 3. The summed E-state index contributed by atoms with van der Waals surface area (Å²) in [4.78, 5) is 14.4. The van der Waals surface area contributed by atoms with Crippen molar-refractivity contribution in [2.75, 3.05) is 33.8 Å². The second kappa shape index (κ2) is 10.9. The van der Waals surface area contributed by atoms with Crippen LogP contribution in [0.2, 0.25) is 0 Å². The number of nitrogens with zero attached hydrogens (tertiary/aromatic N) is 2. The van der Waals surface area contributed by atoms with Crippen LogP contribution < -0.4 is 5.73 Å². The first-order chi connectivity index (χ1) is 15.0. The van der Waals surface area contributed by atoms with E-state index in [1.165, 1.54) is 24.1 Å². The first-order valence-corrected chi connectivity index (χ1v) is 9.69. The molecular formula is C22H26F3N5O2. The Morgan fingerprint density at radius 3 is 1.97 bits per heavy atom. The lowest BCUT2D eigenvalue weighted by molar-refractivity contribution is -0.141. The van der Waals surface area contributed by atoms with Crippen molar-refractivity contribution in [2.24, 2.45) is 5.73 Å². The monoisotopic (exact) mass is 449 g/mol. The molecule has 0 fully saturated rings. The number of carbonyl (C=O) groups excluding carboxylic acids is 1. The number of nitrogens with one attached hydrogen (secondary N) is 2. The molecule has 0 atom stereocenters. The molecule has 0 bridgehead atoms. The fourth-order valence-corrected chi connectivity index (χ4v) is 2.98. The molecule has 0 amide bonds. The first-order valence-electron chi connectivity index (χ1n) is 9.69. The Bertz CT molecular complexity index is 944. The van der Waals surface area contributed by atoms with E-state index in [0.29, 0.717) is 5.56 Å². The molecule has 2 aromatic rings. The molecule has 0 radical (unpaired) electrons. The van der Waals surface area contributed by atoms with Crippen LogP contribution in [-0.4, -0.2) is 61.2 Å². The summed E-state index contributed by atoms with van der Waals surface area (Å²) >= 11 is 0. The number of esters is 1. The number of hydrogen-bond acceptors (Lipinski definition) is 6. The number of likely N-dealkylation sites (N-methyl/N-ethyl adjacent to an activating group) is 1. The number of rotatable bonds is 8. The SMILES string of the molecule is COC(=O)CN(C)CC(=N)N(Cc1ccc(-c2ccc(C(F)(F)F)cc2)cc1)C(=N)CN. The molecule has 0 aromatic heterocycles. The maximum atomic E-state index is 12.7. The number of benzene rings is 2. The van der Waals surface area contributed by atoms with Crippen LogP contribution in [0, 0.1) is 10.8 Å². The minimum atomic E-state index is -4.38. The third-order valence-corrected chi connectivity index (χ3v) is 4.73. The molecule has 7 nitrogen and oxygen atoms in total. The second-order valence-corrected chi connectivity index (χ2v) is 7.20. The van der Waals surface area contributed by atoms with E-state index in [-0.39, 0.29) is 37.9 Å². The van der Waals surface area contributed by atoms with Gasteiger partial charge in [0.2, 0.25) is 0 Å². The van der Waals surface area contributed by atoms with E-state index < -0.39 is 17.7 Å². The van der Waals surface area contributed by atoms with Crippen molar-refractivity contribution in [3.8, 4) is 11.1 Å². The van der Waals surface area contributed by atoms with Crippen molar-refractivity contribution in [1.82, 2.24) is 9.80 Å². The maximum Gasteiger partial charge on any atom is 0.416 e. The number of amidine groups is 2. The number of carbonyl (C=O) groups is 1. The zero-order valence-electron chi connectivity index (χ0n) is 17.9. The van der Waals surface area contributed by atoms with Gasteiger partial charge in [-0.05, 0) is 35.9 Å². The van der Waals surface area contributed by atoms with Crippen LogP contribution in [0.25, 0.3) is 11.1 Å². The number of hydrogen-bond donors (Lipinski definition) is 3. The zero-order chi connectivity index (χ0) is 23.9. The molecule has 10 heteroatoms. The normalized spacial score (nSPS) is 11.3. The van der Waals surface area contributed by atoms with Gasteiger partial charge in [0.15, 0.2) is 0 Å². The minimum absolute atomic E-state index is 0.00447. The summed E-state index contributed by atoms with van der Waals surface area (Å²) in [6.45, 7) is 0.270. The van der Waals surface area contributed by atoms with E-state index in [9.17, 15) is 18.0 Å². The maximum absolute atomic E-state index is 12.7. The fraction of sp³-hybridized carbons (Fsp3) is 0.318. The van der Waals surface area contributed by atoms with Crippen LogP contribution in [-0.2, 0) is 22.3 Å². The highest BCUT2D eigenvalue weighted by Crippen LogP contribution is 2.31. The van der Waals surface area contributed by atoms with Gasteiger partial charge < -0.3 is 15.4 Å². The Morgan fingerprint density at radius 1 is 0.969 bits per heavy atom. The number of halogens is 3. The first kappa shape index (κ1) is 25.0. The lowest BCUT2D eigenvalue weighted by Crippen LogP contribution is -2.44. The van der Waals surface area contributed by atoms with Gasteiger partial charge in [-0.2, -0.15) is 13.2 Å². The van der Waals surface area contributed by atoms with Gasteiger partial charge in [0.25, 0.3) is 0 Å². The molecule has 32 heavy (non-hydrogen) atoms. The summed E-state index contributed by atoms with van der Waals surface area (Å²) < 4.78 is 42.8. The Balaban J connectivity index is 2.11. The zero-order valence-corrected chi connectivity index (χ0v) is 17.9. The molecule has 2 rings (SSSR count). The average molecular weight is 449 g/mol. The van der Waals surface area contributed by atoms with Crippen molar-refractivity contribution >= 4 is 17.6 Å². The standard InChI is InChI=1S/C22H26F3N5O2/c1-29(14-21(31)32-2)13-20(28)30(19(27)11-26)12-15-3-5-16(6-4-15)17-7-9-18(10-8-17)22(23,24)25/h3-10,27-28H,11-14,26H2,1-2H3. The van der Waals surface area contributed by atoms with Gasteiger partial charge >= 0.3 is 12.1 Å². The van der Waals surface area contributed by atoms with Gasteiger partial charge in [-0.1, -0.05) is 36.4 Å². The van der Waals surface area contributed by atoms with Crippen molar-refractivity contribution in [3.63, 3.8) is 0 Å². The van der Waals surface area contributed by atoms with E-state index in [1.54, 1.807) is 36.2 Å². The molecule has 0 saturated heterocycles. The van der Waals surface area contributed by atoms with Gasteiger partial charge in [-0.25, -0.2) is 0 Å². The Labute approximate surface area is 184 Å². The molecular weight excluding hydrogens is 423 g/mol. The summed E-state index contributed by atoms with van der Waals surface area (Å²) in [6.07, 6.45) is -4.38. The molecule has 0 spiro atoms. The molecule has 0 aliphatic heterocycles. The highest BCUT2D eigenvalue weighted by molar-refractivity contribution is 5.99. The van der Waals surface area contributed by atoms with Crippen molar-refractivity contribution in [1.29, 1.82) is 10.8 Å². The molecule has 0 saturated carbocycles. The number of ether oxygens (including phenoxy) is 1. The molecule has 0 aliphatic rings.